The van der Waals surface area contributed by atoms with Gasteiger partial charge < -0.3 is 10.1 Å². The summed E-state index contributed by atoms with van der Waals surface area (Å²) in [5.41, 5.74) is 5.30. The number of pyridine rings is 1. The van der Waals surface area contributed by atoms with Crippen molar-refractivity contribution in [3.63, 3.8) is 0 Å². The molecule has 0 spiro atoms. The lowest BCUT2D eigenvalue weighted by Gasteiger charge is -2.29. The van der Waals surface area contributed by atoms with Crippen LogP contribution in [0.15, 0.2) is 48.8 Å². The number of amides is 1. The molecule has 1 saturated carbocycles. The summed E-state index contributed by atoms with van der Waals surface area (Å²) in [6, 6.07) is 12.0. The molecule has 0 saturated heterocycles. The van der Waals surface area contributed by atoms with Gasteiger partial charge in [-0.1, -0.05) is 23.7 Å². The van der Waals surface area contributed by atoms with E-state index in [-0.39, 0.29) is 18.6 Å². The average molecular weight is 425 g/mol. The van der Waals surface area contributed by atoms with Crippen LogP contribution in [-0.4, -0.2) is 40.8 Å². The SMILES string of the molecule is COCC(=O)NC1CCC(c2[nH]nc(-c3ccc(Cl)cc3)c2-c2ccncc2)CC1. The summed E-state index contributed by atoms with van der Waals surface area (Å²) in [5.74, 6) is 0.308. The lowest BCUT2D eigenvalue weighted by Crippen LogP contribution is -2.39. The van der Waals surface area contributed by atoms with Crippen molar-refractivity contribution in [1.29, 1.82) is 0 Å². The van der Waals surface area contributed by atoms with E-state index in [2.05, 4.69) is 20.5 Å². The topological polar surface area (TPSA) is 79.9 Å². The van der Waals surface area contributed by atoms with Gasteiger partial charge in [0.25, 0.3) is 0 Å². The molecular weight excluding hydrogens is 400 g/mol. The maximum Gasteiger partial charge on any atom is 0.246 e. The number of carbonyl (C=O) groups excluding carboxylic acids is 1. The van der Waals surface area contributed by atoms with Crippen LogP contribution in [0.1, 0.15) is 37.3 Å². The first-order chi connectivity index (χ1) is 14.7. The molecule has 3 aromatic rings. The number of nitrogens with zero attached hydrogens (tertiary/aromatic N) is 2. The van der Waals surface area contributed by atoms with Crippen LogP contribution in [0.25, 0.3) is 22.4 Å². The summed E-state index contributed by atoms with van der Waals surface area (Å²) in [6.45, 7) is 0.108. The van der Waals surface area contributed by atoms with E-state index in [1.54, 1.807) is 12.4 Å². The Balaban J connectivity index is 1.60. The summed E-state index contributed by atoms with van der Waals surface area (Å²) in [6.07, 6.45) is 7.45. The zero-order chi connectivity index (χ0) is 20.9. The minimum Gasteiger partial charge on any atom is -0.375 e. The third-order valence-electron chi connectivity index (χ3n) is 5.66. The number of halogens is 1. The van der Waals surface area contributed by atoms with E-state index in [0.717, 1.165) is 53.8 Å². The van der Waals surface area contributed by atoms with Crippen molar-refractivity contribution in [1.82, 2.24) is 20.5 Å². The van der Waals surface area contributed by atoms with Crippen molar-refractivity contribution in [3.05, 3.63) is 59.5 Å². The van der Waals surface area contributed by atoms with Gasteiger partial charge in [0.05, 0.1) is 0 Å². The fraction of sp³-hybridized carbons (Fsp3) is 0.348. The fourth-order valence-corrected chi connectivity index (χ4v) is 4.33. The number of hydrogen-bond acceptors (Lipinski definition) is 4. The number of methoxy groups -OCH3 is 1. The highest BCUT2D eigenvalue weighted by atomic mass is 35.5. The normalized spacial score (nSPS) is 18.9. The number of ether oxygens (including phenoxy) is 1. The van der Waals surface area contributed by atoms with Gasteiger partial charge in [-0.05, 0) is 55.5 Å². The molecule has 1 amide bonds. The van der Waals surface area contributed by atoms with Crippen LogP contribution >= 0.6 is 11.6 Å². The van der Waals surface area contributed by atoms with E-state index in [4.69, 9.17) is 16.3 Å². The second-order valence-electron chi connectivity index (χ2n) is 7.65. The molecule has 0 bridgehead atoms. The minimum atomic E-state index is -0.0509. The van der Waals surface area contributed by atoms with Gasteiger partial charge in [-0.2, -0.15) is 5.10 Å². The number of benzene rings is 1. The highest BCUT2D eigenvalue weighted by molar-refractivity contribution is 6.30. The maximum absolute atomic E-state index is 11.8. The fourth-order valence-electron chi connectivity index (χ4n) is 4.21. The minimum absolute atomic E-state index is 0.0509. The molecule has 1 aromatic carbocycles. The molecule has 30 heavy (non-hydrogen) atoms. The van der Waals surface area contributed by atoms with E-state index >= 15 is 0 Å². The van der Waals surface area contributed by atoms with E-state index in [1.165, 1.54) is 7.11 Å². The second kappa shape index (κ2) is 9.41. The quantitative estimate of drug-likeness (QED) is 0.606. The Morgan fingerprint density at radius 2 is 1.80 bits per heavy atom. The summed E-state index contributed by atoms with van der Waals surface area (Å²) < 4.78 is 4.91. The maximum atomic E-state index is 11.8. The number of hydrogen-bond donors (Lipinski definition) is 2. The van der Waals surface area contributed by atoms with Crippen molar-refractivity contribution in [2.75, 3.05) is 13.7 Å². The largest absolute Gasteiger partial charge is 0.375 e. The van der Waals surface area contributed by atoms with Crippen molar-refractivity contribution < 1.29 is 9.53 Å². The molecule has 0 atom stereocenters. The van der Waals surface area contributed by atoms with Gasteiger partial charge in [0.2, 0.25) is 5.91 Å². The van der Waals surface area contributed by atoms with Gasteiger partial charge in [-0.3, -0.25) is 14.9 Å². The second-order valence-corrected chi connectivity index (χ2v) is 8.09. The third kappa shape index (κ3) is 4.55. The first kappa shape index (κ1) is 20.6. The highest BCUT2D eigenvalue weighted by Gasteiger charge is 2.28. The Morgan fingerprint density at radius 1 is 1.10 bits per heavy atom. The number of H-pyrrole nitrogens is 1. The first-order valence-electron chi connectivity index (χ1n) is 10.2. The molecule has 1 fully saturated rings. The Bertz CT molecular complexity index is 980. The number of nitrogens with one attached hydrogen (secondary N) is 2. The molecule has 0 unspecified atom stereocenters. The molecule has 1 aliphatic carbocycles. The summed E-state index contributed by atoms with van der Waals surface area (Å²) >= 11 is 6.08. The molecule has 4 rings (SSSR count). The van der Waals surface area contributed by atoms with Crippen molar-refractivity contribution in [2.45, 2.75) is 37.6 Å². The third-order valence-corrected chi connectivity index (χ3v) is 5.91. The lowest BCUT2D eigenvalue weighted by atomic mass is 9.81. The average Bonchev–Trinajstić information content (AvgIpc) is 3.21. The smallest absolute Gasteiger partial charge is 0.246 e. The van der Waals surface area contributed by atoms with Gasteiger partial charge in [-0.25, -0.2) is 0 Å². The molecule has 1 aliphatic rings. The molecule has 7 heteroatoms. The highest BCUT2D eigenvalue weighted by Crippen LogP contribution is 2.41. The Labute approximate surface area is 181 Å². The van der Waals surface area contributed by atoms with Crippen LogP contribution in [0.3, 0.4) is 0 Å². The van der Waals surface area contributed by atoms with Crippen LogP contribution in [0.4, 0.5) is 0 Å². The van der Waals surface area contributed by atoms with E-state index < -0.39 is 0 Å². The predicted molar refractivity (Wildman–Crippen MR) is 117 cm³/mol. The molecule has 0 radical (unpaired) electrons. The van der Waals surface area contributed by atoms with Crippen molar-refractivity contribution in [2.24, 2.45) is 0 Å². The summed E-state index contributed by atoms with van der Waals surface area (Å²) in [7, 11) is 1.54. The van der Waals surface area contributed by atoms with Gasteiger partial charge in [0, 0.05) is 53.3 Å². The molecular formula is C23H25ClN4O2. The molecule has 2 N–H and O–H groups in total. The van der Waals surface area contributed by atoms with Crippen molar-refractivity contribution >= 4 is 17.5 Å². The van der Waals surface area contributed by atoms with Crippen molar-refractivity contribution in [3.8, 4) is 22.4 Å². The van der Waals surface area contributed by atoms with Crippen LogP contribution < -0.4 is 5.32 Å². The van der Waals surface area contributed by atoms with Crippen LogP contribution in [0, 0.1) is 0 Å². The van der Waals surface area contributed by atoms with Crippen LogP contribution in [-0.2, 0) is 9.53 Å². The van der Waals surface area contributed by atoms with E-state index in [1.807, 2.05) is 36.4 Å². The molecule has 2 aromatic heterocycles. The summed E-state index contributed by atoms with van der Waals surface area (Å²) in [4.78, 5) is 16.0. The zero-order valence-corrected chi connectivity index (χ0v) is 17.7. The molecule has 0 aliphatic heterocycles. The van der Waals surface area contributed by atoms with Gasteiger partial charge >= 0.3 is 0 Å². The Hall–Kier alpha value is -2.70. The van der Waals surface area contributed by atoms with Crippen LogP contribution in [0.2, 0.25) is 5.02 Å². The van der Waals surface area contributed by atoms with E-state index in [9.17, 15) is 4.79 Å². The Kier molecular flexibility index (Phi) is 6.45. The van der Waals surface area contributed by atoms with Gasteiger partial charge in [0.15, 0.2) is 0 Å². The number of aromatic nitrogens is 3. The number of aromatic amines is 1. The number of carbonyl (C=O) groups is 1. The Morgan fingerprint density at radius 3 is 2.47 bits per heavy atom. The standard InChI is InChI=1S/C23H25ClN4O2/c1-30-14-20(29)26-19-8-4-17(5-9-19)23-21(15-10-12-25-13-11-15)22(27-28-23)16-2-6-18(24)7-3-16/h2-3,6-7,10-13,17,19H,4-5,8-9,14H2,1H3,(H,26,29)(H,27,28). The molecule has 156 valence electrons. The summed E-state index contributed by atoms with van der Waals surface area (Å²) in [5, 5.41) is 11.8. The van der Waals surface area contributed by atoms with Gasteiger partial charge in [0.1, 0.15) is 12.3 Å². The van der Waals surface area contributed by atoms with Gasteiger partial charge in [-0.15, -0.1) is 0 Å². The zero-order valence-electron chi connectivity index (χ0n) is 16.9. The first-order valence-corrected chi connectivity index (χ1v) is 10.6. The monoisotopic (exact) mass is 424 g/mol. The predicted octanol–water partition coefficient (Wildman–Crippen LogP) is 4.58. The molecule has 6 nitrogen and oxygen atoms in total. The van der Waals surface area contributed by atoms with Crippen LogP contribution in [0.5, 0.6) is 0 Å². The lowest BCUT2D eigenvalue weighted by molar-refractivity contribution is -0.125. The molecule has 2 heterocycles. The van der Waals surface area contributed by atoms with E-state index in [0.29, 0.717) is 10.9 Å². The number of rotatable bonds is 6.